The lowest BCUT2D eigenvalue weighted by Crippen LogP contribution is -2.36. The number of amides is 1. The third kappa shape index (κ3) is 2.64. The number of aryl methyl sites for hydroxylation is 1. The molecule has 26 heavy (non-hydrogen) atoms. The zero-order chi connectivity index (χ0) is 18.4. The van der Waals surface area contributed by atoms with E-state index in [1.165, 1.54) is 6.07 Å². The average molecular weight is 416 g/mol. The van der Waals surface area contributed by atoms with Gasteiger partial charge in [-0.05, 0) is 37.1 Å². The topological polar surface area (TPSA) is 93.6 Å². The summed E-state index contributed by atoms with van der Waals surface area (Å²) < 4.78 is 2.59. The molecule has 1 aliphatic rings. The number of pyridine rings is 1. The maximum absolute atomic E-state index is 12.9. The molecular formula is C17H14BrN5O3. The number of nitro benzene ring substituents is 1. The monoisotopic (exact) mass is 415 g/mol. The molecule has 132 valence electrons. The third-order valence-corrected chi connectivity index (χ3v) is 5.38. The molecule has 0 fully saturated rings. The highest BCUT2D eigenvalue weighted by atomic mass is 79.9. The Balaban J connectivity index is 1.69. The SMILES string of the molecule is Cc1nnc2ccc(C(=O)N3CCc4c(Br)ccc([N+](=O)[O-])c4C3)cn12. The Bertz CT molecular complexity index is 1060. The van der Waals surface area contributed by atoms with Gasteiger partial charge in [-0.15, -0.1) is 10.2 Å². The lowest BCUT2D eigenvalue weighted by Gasteiger charge is -2.29. The van der Waals surface area contributed by atoms with Crippen LogP contribution in [0.3, 0.4) is 0 Å². The molecule has 3 aromatic rings. The fraction of sp³-hybridized carbons (Fsp3) is 0.235. The molecule has 9 heteroatoms. The van der Waals surface area contributed by atoms with Crippen LogP contribution in [0.25, 0.3) is 5.65 Å². The summed E-state index contributed by atoms with van der Waals surface area (Å²) >= 11 is 3.45. The molecule has 0 saturated carbocycles. The number of carbonyl (C=O) groups is 1. The second kappa shape index (κ2) is 6.17. The Morgan fingerprint density at radius 2 is 2.04 bits per heavy atom. The molecule has 4 rings (SSSR count). The Kier molecular flexibility index (Phi) is 3.95. The number of rotatable bonds is 2. The van der Waals surface area contributed by atoms with E-state index in [1.807, 2.05) is 6.92 Å². The minimum Gasteiger partial charge on any atom is -0.334 e. The van der Waals surface area contributed by atoms with E-state index in [-0.39, 0.29) is 18.1 Å². The summed E-state index contributed by atoms with van der Waals surface area (Å²) in [6.07, 6.45) is 2.27. The van der Waals surface area contributed by atoms with Gasteiger partial charge in [0.25, 0.3) is 11.6 Å². The van der Waals surface area contributed by atoms with E-state index in [4.69, 9.17) is 0 Å². The van der Waals surface area contributed by atoms with Crippen molar-refractivity contribution in [3.63, 3.8) is 0 Å². The van der Waals surface area contributed by atoms with E-state index >= 15 is 0 Å². The molecule has 0 unspecified atom stereocenters. The van der Waals surface area contributed by atoms with Gasteiger partial charge in [-0.2, -0.15) is 0 Å². The molecule has 1 aromatic carbocycles. The first-order valence-electron chi connectivity index (χ1n) is 8.01. The molecule has 0 saturated heterocycles. The molecule has 0 N–H and O–H groups in total. The third-order valence-electron chi connectivity index (χ3n) is 4.63. The number of fused-ring (bicyclic) bond motifs is 2. The lowest BCUT2D eigenvalue weighted by molar-refractivity contribution is -0.385. The predicted molar refractivity (Wildman–Crippen MR) is 97.0 cm³/mol. The second-order valence-electron chi connectivity index (χ2n) is 6.15. The highest BCUT2D eigenvalue weighted by Crippen LogP contribution is 2.33. The maximum Gasteiger partial charge on any atom is 0.274 e. The van der Waals surface area contributed by atoms with Gasteiger partial charge in [-0.3, -0.25) is 19.3 Å². The van der Waals surface area contributed by atoms with Gasteiger partial charge < -0.3 is 4.90 Å². The van der Waals surface area contributed by atoms with Crippen LogP contribution in [0, 0.1) is 17.0 Å². The van der Waals surface area contributed by atoms with Crippen molar-refractivity contribution >= 4 is 33.2 Å². The van der Waals surface area contributed by atoms with Crippen LogP contribution in [-0.2, 0) is 13.0 Å². The smallest absolute Gasteiger partial charge is 0.274 e. The maximum atomic E-state index is 12.9. The molecule has 0 radical (unpaired) electrons. The standard InChI is InChI=1S/C17H14BrN5O3/c1-10-19-20-16-5-2-11(8-22(10)16)17(24)21-7-6-12-13(9-21)15(23(25)26)4-3-14(12)18/h2-5,8H,6-7,9H2,1H3. The van der Waals surface area contributed by atoms with Gasteiger partial charge in [-0.25, -0.2) is 0 Å². The summed E-state index contributed by atoms with van der Waals surface area (Å²) in [6, 6.07) is 6.61. The normalized spacial score (nSPS) is 13.7. The highest BCUT2D eigenvalue weighted by molar-refractivity contribution is 9.10. The van der Waals surface area contributed by atoms with Gasteiger partial charge in [0.05, 0.1) is 22.6 Å². The van der Waals surface area contributed by atoms with Crippen LogP contribution in [0.4, 0.5) is 5.69 Å². The van der Waals surface area contributed by atoms with E-state index < -0.39 is 4.92 Å². The van der Waals surface area contributed by atoms with Crippen LogP contribution in [-0.4, -0.2) is 36.9 Å². The minimum absolute atomic E-state index is 0.0470. The average Bonchev–Trinajstić information content (AvgIpc) is 3.01. The number of nitro groups is 1. The Hall–Kier alpha value is -2.81. The zero-order valence-corrected chi connectivity index (χ0v) is 15.4. The number of hydrogen-bond acceptors (Lipinski definition) is 5. The molecule has 0 aliphatic carbocycles. The predicted octanol–water partition coefficient (Wildman–Crippen LogP) is 2.91. The van der Waals surface area contributed by atoms with Crippen LogP contribution in [0.2, 0.25) is 0 Å². The lowest BCUT2D eigenvalue weighted by atomic mass is 9.97. The van der Waals surface area contributed by atoms with E-state index in [0.29, 0.717) is 35.6 Å². The second-order valence-corrected chi connectivity index (χ2v) is 7.00. The number of benzene rings is 1. The quantitative estimate of drug-likeness (QED) is 0.473. The molecule has 0 bridgehead atoms. The van der Waals surface area contributed by atoms with Gasteiger partial charge in [-0.1, -0.05) is 15.9 Å². The van der Waals surface area contributed by atoms with Crippen molar-refractivity contribution < 1.29 is 9.72 Å². The molecule has 0 spiro atoms. The summed E-state index contributed by atoms with van der Waals surface area (Å²) in [4.78, 5) is 25.5. The summed E-state index contributed by atoms with van der Waals surface area (Å²) in [6.45, 7) is 2.53. The van der Waals surface area contributed by atoms with Gasteiger partial charge in [0.2, 0.25) is 0 Å². The molecule has 2 aromatic heterocycles. The van der Waals surface area contributed by atoms with E-state index in [9.17, 15) is 14.9 Å². The van der Waals surface area contributed by atoms with Crippen molar-refractivity contribution in [2.45, 2.75) is 19.9 Å². The van der Waals surface area contributed by atoms with Crippen LogP contribution in [0.5, 0.6) is 0 Å². The fourth-order valence-electron chi connectivity index (χ4n) is 3.27. The van der Waals surface area contributed by atoms with Gasteiger partial charge in [0.1, 0.15) is 5.82 Å². The van der Waals surface area contributed by atoms with E-state index in [0.717, 1.165) is 10.0 Å². The largest absolute Gasteiger partial charge is 0.334 e. The van der Waals surface area contributed by atoms with Crippen molar-refractivity contribution in [2.75, 3.05) is 6.54 Å². The van der Waals surface area contributed by atoms with Crippen LogP contribution < -0.4 is 0 Å². The van der Waals surface area contributed by atoms with Crippen molar-refractivity contribution in [3.8, 4) is 0 Å². The number of nitrogens with zero attached hydrogens (tertiary/aromatic N) is 5. The van der Waals surface area contributed by atoms with Gasteiger partial charge in [0.15, 0.2) is 5.65 Å². The Labute approximate surface area is 156 Å². The fourth-order valence-corrected chi connectivity index (χ4v) is 3.84. The molecule has 3 heterocycles. The van der Waals surface area contributed by atoms with Crippen LogP contribution in [0.1, 0.15) is 27.3 Å². The summed E-state index contributed by atoms with van der Waals surface area (Å²) in [5.74, 6) is 0.526. The molecular weight excluding hydrogens is 402 g/mol. The molecule has 0 atom stereocenters. The number of hydrogen-bond donors (Lipinski definition) is 0. The van der Waals surface area contributed by atoms with Crippen molar-refractivity contribution in [1.82, 2.24) is 19.5 Å². The number of aromatic nitrogens is 3. The van der Waals surface area contributed by atoms with Crippen LogP contribution in [0.15, 0.2) is 34.9 Å². The summed E-state index contributed by atoms with van der Waals surface area (Å²) in [5, 5.41) is 19.4. The zero-order valence-electron chi connectivity index (χ0n) is 13.8. The first kappa shape index (κ1) is 16.6. The minimum atomic E-state index is -0.397. The number of carbonyl (C=O) groups excluding carboxylic acids is 1. The van der Waals surface area contributed by atoms with E-state index in [1.54, 1.807) is 33.7 Å². The summed E-state index contributed by atoms with van der Waals surface area (Å²) in [5.41, 5.74) is 2.70. The van der Waals surface area contributed by atoms with Crippen molar-refractivity contribution in [3.05, 3.63) is 67.6 Å². The van der Waals surface area contributed by atoms with Crippen molar-refractivity contribution in [2.24, 2.45) is 0 Å². The van der Waals surface area contributed by atoms with Crippen molar-refractivity contribution in [1.29, 1.82) is 0 Å². The number of halogens is 1. The van der Waals surface area contributed by atoms with Crippen LogP contribution >= 0.6 is 15.9 Å². The van der Waals surface area contributed by atoms with Gasteiger partial charge in [0, 0.05) is 23.3 Å². The Morgan fingerprint density at radius 1 is 1.23 bits per heavy atom. The van der Waals surface area contributed by atoms with Gasteiger partial charge >= 0.3 is 0 Å². The first-order chi connectivity index (χ1) is 12.5. The molecule has 1 aliphatic heterocycles. The Morgan fingerprint density at radius 3 is 2.81 bits per heavy atom. The van der Waals surface area contributed by atoms with E-state index in [2.05, 4.69) is 26.1 Å². The highest BCUT2D eigenvalue weighted by Gasteiger charge is 2.29. The summed E-state index contributed by atoms with van der Waals surface area (Å²) in [7, 11) is 0. The molecule has 1 amide bonds. The molecule has 8 nitrogen and oxygen atoms in total. The first-order valence-corrected chi connectivity index (χ1v) is 8.80.